The van der Waals surface area contributed by atoms with E-state index in [0.29, 0.717) is 6.04 Å². The second-order valence-corrected chi connectivity index (χ2v) is 7.48. The van der Waals surface area contributed by atoms with Crippen LogP contribution >= 0.6 is 11.3 Å². The molecule has 1 aromatic carbocycles. The lowest BCUT2D eigenvalue weighted by Gasteiger charge is -2.32. The molecular weight excluding hydrogens is 250 g/mol. The Labute approximate surface area is 120 Å². The highest BCUT2D eigenvalue weighted by Crippen LogP contribution is 2.33. The molecule has 1 unspecified atom stereocenters. The van der Waals surface area contributed by atoms with E-state index in [4.69, 9.17) is 0 Å². The van der Waals surface area contributed by atoms with E-state index in [0.717, 1.165) is 6.54 Å². The van der Waals surface area contributed by atoms with E-state index in [1.165, 1.54) is 15.3 Å². The summed E-state index contributed by atoms with van der Waals surface area (Å²) in [5.74, 6) is 0. The van der Waals surface area contributed by atoms with Gasteiger partial charge in [0.15, 0.2) is 0 Å². The van der Waals surface area contributed by atoms with E-state index < -0.39 is 0 Å². The van der Waals surface area contributed by atoms with Crippen LogP contribution in [0.3, 0.4) is 0 Å². The summed E-state index contributed by atoms with van der Waals surface area (Å²) < 4.78 is 0. The molecule has 1 heterocycles. The minimum absolute atomic E-state index is 0.202. The SMILES string of the molecule is Cc1ccc(CNC(c2ccccc2)C(C)(C)C)s1. The van der Waals surface area contributed by atoms with Crippen molar-refractivity contribution < 1.29 is 0 Å². The van der Waals surface area contributed by atoms with Gasteiger partial charge in [-0.15, -0.1) is 11.3 Å². The molecule has 0 saturated carbocycles. The van der Waals surface area contributed by atoms with Crippen molar-refractivity contribution in [2.75, 3.05) is 0 Å². The quantitative estimate of drug-likeness (QED) is 0.832. The maximum absolute atomic E-state index is 3.72. The van der Waals surface area contributed by atoms with Crippen molar-refractivity contribution in [3.05, 3.63) is 57.8 Å². The third-order valence-corrected chi connectivity index (χ3v) is 4.28. The summed E-state index contributed by atoms with van der Waals surface area (Å²) in [6.45, 7) is 9.97. The Morgan fingerprint density at radius 1 is 1.05 bits per heavy atom. The summed E-state index contributed by atoms with van der Waals surface area (Å²) in [5.41, 5.74) is 1.57. The molecule has 2 aromatic rings. The fraction of sp³-hybridized carbons (Fsp3) is 0.412. The maximum Gasteiger partial charge on any atom is 0.0372 e. The fourth-order valence-electron chi connectivity index (χ4n) is 2.35. The minimum atomic E-state index is 0.202. The molecule has 0 aliphatic heterocycles. The average Bonchev–Trinajstić information content (AvgIpc) is 2.75. The van der Waals surface area contributed by atoms with Gasteiger partial charge in [0.05, 0.1) is 0 Å². The van der Waals surface area contributed by atoms with Crippen LogP contribution in [0.4, 0.5) is 0 Å². The van der Waals surface area contributed by atoms with Gasteiger partial charge in [-0.2, -0.15) is 0 Å². The molecule has 1 nitrogen and oxygen atoms in total. The molecule has 1 atom stereocenters. The predicted octanol–water partition coefficient (Wildman–Crippen LogP) is 4.93. The van der Waals surface area contributed by atoms with Gasteiger partial charge in [-0.05, 0) is 30.0 Å². The van der Waals surface area contributed by atoms with Crippen molar-refractivity contribution in [3.8, 4) is 0 Å². The van der Waals surface area contributed by atoms with Crippen LogP contribution in [0.1, 0.15) is 42.1 Å². The summed E-state index contributed by atoms with van der Waals surface area (Å²) in [6.07, 6.45) is 0. The van der Waals surface area contributed by atoms with Crippen LogP contribution in [-0.4, -0.2) is 0 Å². The number of thiophene rings is 1. The summed E-state index contributed by atoms with van der Waals surface area (Å²) in [6, 6.07) is 15.5. The molecule has 0 spiro atoms. The monoisotopic (exact) mass is 273 g/mol. The van der Waals surface area contributed by atoms with Crippen molar-refractivity contribution in [2.24, 2.45) is 5.41 Å². The molecule has 0 radical (unpaired) electrons. The highest BCUT2D eigenvalue weighted by molar-refractivity contribution is 7.11. The van der Waals surface area contributed by atoms with E-state index in [-0.39, 0.29) is 5.41 Å². The molecule has 0 aliphatic rings. The Bertz CT molecular complexity index is 508. The zero-order valence-electron chi connectivity index (χ0n) is 12.2. The van der Waals surface area contributed by atoms with Gasteiger partial charge in [-0.25, -0.2) is 0 Å². The van der Waals surface area contributed by atoms with Gasteiger partial charge in [-0.1, -0.05) is 51.1 Å². The number of rotatable bonds is 4. The van der Waals surface area contributed by atoms with Crippen molar-refractivity contribution in [2.45, 2.75) is 40.3 Å². The number of hydrogen-bond acceptors (Lipinski definition) is 2. The van der Waals surface area contributed by atoms with Crippen LogP contribution in [0, 0.1) is 12.3 Å². The maximum atomic E-state index is 3.72. The van der Waals surface area contributed by atoms with Crippen molar-refractivity contribution in [1.29, 1.82) is 0 Å². The highest BCUT2D eigenvalue weighted by atomic mass is 32.1. The van der Waals surface area contributed by atoms with Crippen LogP contribution in [0.5, 0.6) is 0 Å². The lowest BCUT2D eigenvalue weighted by Crippen LogP contribution is -2.31. The molecule has 1 N–H and O–H groups in total. The van der Waals surface area contributed by atoms with Gasteiger partial charge in [0.2, 0.25) is 0 Å². The van der Waals surface area contributed by atoms with Gasteiger partial charge in [0, 0.05) is 22.3 Å². The Kier molecular flexibility index (Phi) is 4.43. The summed E-state index contributed by atoms with van der Waals surface area (Å²) in [5, 5.41) is 3.72. The van der Waals surface area contributed by atoms with Gasteiger partial charge in [0.1, 0.15) is 0 Å². The second-order valence-electron chi connectivity index (χ2n) is 6.10. The molecule has 2 heteroatoms. The second kappa shape index (κ2) is 5.89. The molecular formula is C17H23NS. The van der Waals surface area contributed by atoms with Crippen LogP contribution in [0.15, 0.2) is 42.5 Å². The number of nitrogens with one attached hydrogen (secondary N) is 1. The normalized spacial score (nSPS) is 13.5. The Morgan fingerprint density at radius 2 is 1.74 bits per heavy atom. The summed E-state index contributed by atoms with van der Waals surface area (Å²) >= 11 is 1.87. The number of aryl methyl sites for hydroxylation is 1. The van der Waals surface area contributed by atoms with Crippen molar-refractivity contribution in [3.63, 3.8) is 0 Å². The van der Waals surface area contributed by atoms with Gasteiger partial charge in [0.25, 0.3) is 0 Å². The lowest BCUT2D eigenvalue weighted by atomic mass is 9.82. The molecule has 0 aliphatic carbocycles. The summed E-state index contributed by atoms with van der Waals surface area (Å²) in [4.78, 5) is 2.78. The standard InChI is InChI=1S/C17H23NS/c1-13-10-11-15(19-13)12-18-16(17(2,3)4)14-8-6-5-7-9-14/h5-11,16,18H,12H2,1-4H3. The Balaban J connectivity index is 2.11. The van der Waals surface area contributed by atoms with Gasteiger partial charge in [-0.3, -0.25) is 0 Å². The topological polar surface area (TPSA) is 12.0 Å². The zero-order valence-corrected chi connectivity index (χ0v) is 13.1. The zero-order chi connectivity index (χ0) is 13.9. The smallest absolute Gasteiger partial charge is 0.0372 e. The fourth-order valence-corrected chi connectivity index (χ4v) is 3.19. The van der Waals surface area contributed by atoms with Crippen LogP contribution in [-0.2, 0) is 6.54 Å². The first-order chi connectivity index (χ1) is 8.97. The Morgan fingerprint density at radius 3 is 2.26 bits per heavy atom. The lowest BCUT2D eigenvalue weighted by molar-refractivity contribution is 0.271. The molecule has 0 amide bonds. The van der Waals surface area contributed by atoms with E-state index in [2.05, 4.69) is 75.5 Å². The average molecular weight is 273 g/mol. The molecule has 102 valence electrons. The summed E-state index contributed by atoms with van der Waals surface area (Å²) in [7, 11) is 0. The minimum Gasteiger partial charge on any atom is -0.305 e. The van der Waals surface area contributed by atoms with Crippen molar-refractivity contribution in [1.82, 2.24) is 5.32 Å². The van der Waals surface area contributed by atoms with Crippen molar-refractivity contribution >= 4 is 11.3 Å². The number of benzene rings is 1. The first kappa shape index (κ1) is 14.3. The molecule has 0 bridgehead atoms. The Hall–Kier alpha value is -1.12. The predicted molar refractivity (Wildman–Crippen MR) is 84.5 cm³/mol. The molecule has 0 fully saturated rings. The van der Waals surface area contributed by atoms with Gasteiger partial charge < -0.3 is 5.32 Å². The van der Waals surface area contributed by atoms with E-state index in [1.54, 1.807) is 0 Å². The third kappa shape index (κ3) is 3.92. The van der Waals surface area contributed by atoms with E-state index >= 15 is 0 Å². The van der Waals surface area contributed by atoms with Crippen LogP contribution in [0.25, 0.3) is 0 Å². The molecule has 19 heavy (non-hydrogen) atoms. The molecule has 1 aromatic heterocycles. The third-order valence-electron chi connectivity index (χ3n) is 3.28. The van der Waals surface area contributed by atoms with Crippen LogP contribution in [0.2, 0.25) is 0 Å². The van der Waals surface area contributed by atoms with Crippen LogP contribution < -0.4 is 5.32 Å². The first-order valence-corrected chi connectivity index (χ1v) is 7.62. The molecule has 0 saturated heterocycles. The van der Waals surface area contributed by atoms with E-state index in [9.17, 15) is 0 Å². The van der Waals surface area contributed by atoms with Gasteiger partial charge >= 0.3 is 0 Å². The highest BCUT2D eigenvalue weighted by Gasteiger charge is 2.25. The first-order valence-electron chi connectivity index (χ1n) is 6.80. The molecule has 2 rings (SSSR count). The largest absolute Gasteiger partial charge is 0.305 e. The van der Waals surface area contributed by atoms with E-state index in [1.807, 2.05) is 11.3 Å². The number of hydrogen-bond donors (Lipinski definition) is 1.